The van der Waals surface area contributed by atoms with E-state index in [2.05, 4.69) is 20.5 Å². The van der Waals surface area contributed by atoms with Gasteiger partial charge >= 0.3 is 6.03 Å². The van der Waals surface area contributed by atoms with E-state index in [0.717, 1.165) is 24.5 Å². The van der Waals surface area contributed by atoms with Crippen LogP contribution in [-0.2, 0) is 4.79 Å². The number of anilines is 1. The minimum absolute atomic E-state index is 0.0232. The van der Waals surface area contributed by atoms with Crippen LogP contribution >= 0.6 is 11.6 Å². The lowest BCUT2D eigenvalue weighted by molar-refractivity contribution is -0.131. The second-order valence-electron chi connectivity index (χ2n) is 7.97. The number of rotatable bonds is 8. The van der Waals surface area contributed by atoms with Crippen LogP contribution in [-0.4, -0.2) is 80.1 Å². The molecule has 1 aliphatic rings. The first kappa shape index (κ1) is 23.8. The van der Waals surface area contributed by atoms with E-state index in [0.29, 0.717) is 31.2 Å². The number of halogens is 1. The number of likely N-dealkylation sites (N-methyl/N-ethyl adjacent to an activating group) is 1. The molecule has 9 heteroatoms. The van der Waals surface area contributed by atoms with Crippen LogP contribution in [0.2, 0.25) is 5.02 Å². The molecule has 3 rings (SSSR count). The normalized spacial score (nSPS) is 14.9. The Balaban J connectivity index is 1.36. The smallest absolute Gasteiger partial charge is 0.314 e. The number of carbonyl (C=O) groups is 2. The Bertz CT molecular complexity index is 870. The zero-order valence-electron chi connectivity index (χ0n) is 18.6. The molecule has 8 nitrogen and oxygen atoms in total. The fourth-order valence-electron chi connectivity index (χ4n) is 3.70. The maximum atomic E-state index is 12.5. The standard InChI is InChI=1S/C23H31ClN6O2/c1-28(2)20(18-6-8-19(24)9-7-18)17-27-23(32)26-12-10-22(31)30-15-13-29(14-16-30)21-5-3-4-11-25-21/h3-9,11,20H,10,12-17H2,1-2H3,(H2,26,27,32). The molecule has 2 heterocycles. The third-order valence-electron chi connectivity index (χ3n) is 5.56. The first-order valence-electron chi connectivity index (χ1n) is 10.8. The van der Waals surface area contributed by atoms with Crippen LogP contribution in [0, 0.1) is 0 Å². The van der Waals surface area contributed by atoms with Crippen molar-refractivity contribution in [1.29, 1.82) is 0 Å². The average Bonchev–Trinajstić information content (AvgIpc) is 2.81. The van der Waals surface area contributed by atoms with E-state index in [-0.39, 0.29) is 24.4 Å². The van der Waals surface area contributed by atoms with Gasteiger partial charge in [-0.15, -0.1) is 0 Å². The first-order valence-corrected chi connectivity index (χ1v) is 11.2. The molecule has 0 radical (unpaired) electrons. The molecule has 1 atom stereocenters. The quantitative estimate of drug-likeness (QED) is 0.634. The molecule has 0 bridgehead atoms. The number of piperazine rings is 1. The van der Waals surface area contributed by atoms with Crippen LogP contribution in [0.25, 0.3) is 0 Å². The Morgan fingerprint density at radius 3 is 2.41 bits per heavy atom. The Morgan fingerprint density at radius 1 is 1.06 bits per heavy atom. The molecule has 0 saturated carbocycles. The monoisotopic (exact) mass is 458 g/mol. The van der Waals surface area contributed by atoms with Crippen molar-refractivity contribution in [1.82, 2.24) is 25.4 Å². The molecule has 1 fully saturated rings. The third-order valence-corrected chi connectivity index (χ3v) is 5.82. The van der Waals surface area contributed by atoms with E-state index in [1.807, 2.05) is 66.4 Å². The van der Waals surface area contributed by atoms with Gasteiger partial charge < -0.3 is 25.3 Å². The zero-order chi connectivity index (χ0) is 22.9. The van der Waals surface area contributed by atoms with Crippen LogP contribution in [0.5, 0.6) is 0 Å². The van der Waals surface area contributed by atoms with E-state index in [9.17, 15) is 9.59 Å². The van der Waals surface area contributed by atoms with E-state index in [1.165, 1.54) is 0 Å². The van der Waals surface area contributed by atoms with Crippen molar-refractivity contribution in [2.75, 3.05) is 58.3 Å². The van der Waals surface area contributed by atoms with Crippen molar-refractivity contribution in [3.8, 4) is 0 Å². The Labute approximate surface area is 194 Å². The lowest BCUT2D eigenvalue weighted by Crippen LogP contribution is -2.49. The molecule has 1 aromatic heterocycles. The van der Waals surface area contributed by atoms with Crippen molar-refractivity contribution >= 4 is 29.4 Å². The van der Waals surface area contributed by atoms with E-state index in [1.54, 1.807) is 6.20 Å². The molecule has 172 valence electrons. The maximum Gasteiger partial charge on any atom is 0.314 e. The first-order chi connectivity index (χ1) is 15.4. The molecular weight excluding hydrogens is 428 g/mol. The van der Waals surface area contributed by atoms with Crippen LogP contribution in [0.1, 0.15) is 18.0 Å². The van der Waals surface area contributed by atoms with Gasteiger partial charge in [0.15, 0.2) is 0 Å². The van der Waals surface area contributed by atoms with Gasteiger partial charge in [-0.25, -0.2) is 9.78 Å². The van der Waals surface area contributed by atoms with Gasteiger partial charge in [0.2, 0.25) is 5.91 Å². The average molecular weight is 459 g/mol. The molecule has 3 amide bonds. The van der Waals surface area contributed by atoms with Crippen LogP contribution in [0.4, 0.5) is 10.6 Å². The number of nitrogens with zero attached hydrogens (tertiary/aromatic N) is 4. The SMILES string of the molecule is CN(C)C(CNC(=O)NCCC(=O)N1CCN(c2ccccn2)CC1)c1ccc(Cl)cc1. The minimum atomic E-state index is -0.279. The fraction of sp³-hybridized carbons (Fsp3) is 0.435. The van der Waals surface area contributed by atoms with Gasteiger partial charge in [0.25, 0.3) is 0 Å². The summed E-state index contributed by atoms with van der Waals surface area (Å²) >= 11 is 5.97. The summed E-state index contributed by atoms with van der Waals surface area (Å²) in [6, 6.07) is 13.2. The third kappa shape index (κ3) is 6.83. The van der Waals surface area contributed by atoms with Gasteiger partial charge in [-0.3, -0.25) is 4.79 Å². The molecule has 0 aliphatic carbocycles. The second-order valence-corrected chi connectivity index (χ2v) is 8.41. The highest BCUT2D eigenvalue weighted by Gasteiger charge is 2.21. The fourth-order valence-corrected chi connectivity index (χ4v) is 3.83. The predicted octanol–water partition coefficient (Wildman–Crippen LogP) is 2.38. The van der Waals surface area contributed by atoms with E-state index < -0.39 is 0 Å². The summed E-state index contributed by atoms with van der Waals surface area (Å²) in [5.41, 5.74) is 1.07. The highest BCUT2D eigenvalue weighted by Crippen LogP contribution is 2.19. The summed E-state index contributed by atoms with van der Waals surface area (Å²) in [5.74, 6) is 0.992. The second kappa shape index (κ2) is 11.7. The van der Waals surface area contributed by atoms with Gasteiger partial charge in [0, 0.05) is 56.9 Å². The Kier molecular flexibility index (Phi) is 8.70. The van der Waals surface area contributed by atoms with Gasteiger partial charge in [0.1, 0.15) is 5.82 Å². The van der Waals surface area contributed by atoms with E-state index >= 15 is 0 Å². The maximum absolute atomic E-state index is 12.5. The number of pyridine rings is 1. The number of benzene rings is 1. The number of carbonyl (C=O) groups excluding carboxylic acids is 2. The van der Waals surface area contributed by atoms with E-state index in [4.69, 9.17) is 11.6 Å². The topological polar surface area (TPSA) is 80.8 Å². The predicted molar refractivity (Wildman–Crippen MR) is 127 cm³/mol. The highest BCUT2D eigenvalue weighted by molar-refractivity contribution is 6.30. The van der Waals surface area contributed by atoms with Crippen LogP contribution in [0.15, 0.2) is 48.7 Å². The molecule has 1 aromatic carbocycles. The number of nitrogens with one attached hydrogen (secondary N) is 2. The number of urea groups is 1. The largest absolute Gasteiger partial charge is 0.353 e. The summed E-state index contributed by atoms with van der Waals surface area (Å²) in [6.45, 7) is 3.59. The molecule has 1 aliphatic heterocycles. The van der Waals surface area contributed by atoms with Crippen molar-refractivity contribution in [3.05, 3.63) is 59.2 Å². The molecule has 1 saturated heterocycles. The number of amides is 3. The van der Waals surface area contributed by atoms with Crippen molar-refractivity contribution in [3.63, 3.8) is 0 Å². The lowest BCUT2D eigenvalue weighted by Gasteiger charge is -2.35. The summed E-state index contributed by atoms with van der Waals surface area (Å²) in [4.78, 5) is 35.1. The molecule has 2 N–H and O–H groups in total. The van der Waals surface area contributed by atoms with Crippen molar-refractivity contribution in [2.45, 2.75) is 12.5 Å². The lowest BCUT2D eigenvalue weighted by atomic mass is 10.1. The number of hydrogen-bond acceptors (Lipinski definition) is 5. The van der Waals surface area contributed by atoms with Gasteiger partial charge in [-0.05, 0) is 43.9 Å². The van der Waals surface area contributed by atoms with Crippen molar-refractivity contribution < 1.29 is 9.59 Å². The molecule has 1 unspecified atom stereocenters. The van der Waals surface area contributed by atoms with Gasteiger partial charge in [0.05, 0.1) is 6.04 Å². The van der Waals surface area contributed by atoms with Crippen LogP contribution in [0.3, 0.4) is 0 Å². The summed E-state index contributed by atoms with van der Waals surface area (Å²) in [5, 5.41) is 6.36. The zero-order valence-corrected chi connectivity index (χ0v) is 19.4. The Hall–Kier alpha value is -2.84. The summed E-state index contributed by atoms with van der Waals surface area (Å²) in [7, 11) is 3.93. The summed E-state index contributed by atoms with van der Waals surface area (Å²) < 4.78 is 0. The van der Waals surface area contributed by atoms with Crippen molar-refractivity contribution in [2.24, 2.45) is 0 Å². The molecular formula is C23H31ClN6O2. The number of hydrogen-bond donors (Lipinski definition) is 2. The molecule has 0 spiro atoms. The summed E-state index contributed by atoms with van der Waals surface area (Å²) in [6.07, 6.45) is 2.06. The molecule has 2 aromatic rings. The molecule has 32 heavy (non-hydrogen) atoms. The van der Waals surface area contributed by atoms with Gasteiger partial charge in [-0.2, -0.15) is 0 Å². The Morgan fingerprint density at radius 2 is 1.78 bits per heavy atom. The highest BCUT2D eigenvalue weighted by atomic mass is 35.5. The van der Waals surface area contributed by atoms with Crippen LogP contribution < -0.4 is 15.5 Å². The number of aromatic nitrogens is 1. The van der Waals surface area contributed by atoms with Gasteiger partial charge in [-0.1, -0.05) is 29.8 Å². The minimum Gasteiger partial charge on any atom is -0.353 e.